The van der Waals surface area contributed by atoms with Crippen molar-refractivity contribution in [3.63, 3.8) is 0 Å². The van der Waals surface area contributed by atoms with Crippen LogP contribution in [0.4, 0.5) is 0 Å². The largest absolute Gasteiger partial charge is 0.272 e. The summed E-state index contributed by atoms with van der Waals surface area (Å²) >= 11 is 1.41. The summed E-state index contributed by atoms with van der Waals surface area (Å²) in [6.07, 6.45) is 0. The molecule has 0 aliphatic carbocycles. The molecule has 2 heterocycles. The Labute approximate surface area is 109 Å². The third-order valence-electron chi connectivity index (χ3n) is 3.08. The molecule has 3 nitrogen and oxygen atoms in total. The van der Waals surface area contributed by atoms with Gasteiger partial charge < -0.3 is 0 Å². The minimum Gasteiger partial charge on any atom is -0.268 e. The molecule has 4 heteroatoms. The fourth-order valence-corrected chi connectivity index (χ4v) is 3.45. The molecule has 2 amide bonds. The lowest BCUT2D eigenvalue weighted by atomic mass is 10.1. The average Bonchev–Trinajstić information content (AvgIpc) is 2.75. The van der Waals surface area contributed by atoms with E-state index in [0.717, 1.165) is 10.1 Å². The first-order valence-corrected chi connectivity index (χ1v) is 6.63. The lowest BCUT2D eigenvalue weighted by molar-refractivity contribution is 0.0510. The van der Waals surface area contributed by atoms with E-state index in [2.05, 4.69) is 0 Å². The molecule has 1 aromatic carbocycles. The van der Waals surface area contributed by atoms with Gasteiger partial charge in [-0.05, 0) is 26.8 Å². The standard InChI is InChI=1S/C14H13NO2S/c1-14(2,3)15-12(16)10-8-6-4-5-7-9(8)18-11(10)13(15)17/h4-7H,1-3H3. The minimum absolute atomic E-state index is 0.163. The van der Waals surface area contributed by atoms with E-state index in [9.17, 15) is 9.59 Å². The van der Waals surface area contributed by atoms with Crippen molar-refractivity contribution in [1.29, 1.82) is 0 Å². The van der Waals surface area contributed by atoms with Crippen LogP contribution in [-0.2, 0) is 0 Å². The van der Waals surface area contributed by atoms with E-state index in [1.54, 1.807) is 0 Å². The van der Waals surface area contributed by atoms with Crippen LogP contribution in [-0.4, -0.2) is 22.3 Å². The van der Waals surface area contributed by atoms with Gasteiger partial charge in [-0.2, -0.15) is 0 Å². The van der Waals surface area contributed by atoms with Gasteiger partial charge in [0.05, 0.1) is 5.56 Å². The first kappa shape index (κ1) is 11.4. The fourth-order valence-electron chi connectivity index (χ4n) is 2.32. The summed E-state index contributed by atoms with van der Waals surface area (Å²) in [5, 5.41) is 0.891. The highest BCUT2D eigenvalue weighted by molar-refractivity contribution is 7.21. The molecule has 0 spiro atoms. The maximum atomic E-state index is 12.4. The maximum absolute atomic E-state index is 12.4. The van der Waals surface area contributed by atoms with Gasteiger partial charge >= 0.3 is 0 Å². The second kappa shape index (κ2) is 3.42. The lowest BCUT2D eigenvalue weighted by Crippen LogP contribution is -2.45. The lowest BCUT2D eigenvalue weighted by Gasteiger charge is -2.29. The van der Waals surface area contributed by atoms with Gasteiger partial charge in [-0.1, -0.05) is 18.2 Å². The quantitative estimate of drug-likeness (QED) is 0.681. The number of rotatable bonds is 0. The SMILES string of the molecule is CC(C)(C)N1C(=O)c2sc3ccccc3c2C1=O. The zero-order chi connectivity index (χ0) is 13.1. The van der Waals surface area contributed by atoms with E-state index >= 15 is 0 Å². The number of nitrogens with zero attached hydrogens (tertiary/aromatic N) is 1. The Kier molecular flexibility index (Phi) is 2.17. The topological polar surface area (TPSA) is 37.4 Å². The first-order chi connectivity index (χ1) is 8.41. The number of benzene rings is 1. The van der Waals surface area contributed by atoms with E-state index in [4.69, 9.17) is 0 Å². The molecule has 0 saturated heterocycles. The number of hydrogen-bond donors (Lipinski definition) is 0. The molecule has 0 fully saturated rings. The summed E-state index contributed by atoms with van der Waals surface area (Å²) in [5.74, 6) is -0.330. The number of carbonyl (C=O) groups is 2. The van der Waals surface area contributed by atoms with E-state index in [-0.39, 0.29) is 11.8 Å². The van der Waals surface area contributed by atoms with Gasteiger partial charge in [-0.15, -0.1) is 11.3 Å². The Morgan fingerprint density at radius 2 is 1.72 bits per heavy atom. The molecular formula is C14H13NO2S. The third kappa shape index (κ3) is 1.35. The van der Waals surface area contributed by atoms with Crippen LogP contribution in [0.2, 0.25) is 0 Å². The van der Waals surface area contributed by atoms with Crippen LogP contribution in [0.5, 0.6) is 0 Å². The molecule has 2 aromatic rings. The van der Waals surface area contributed by atoms with Crippen LogP contribution in [0.15, 0.2) is 24.3 Å². The number of imide groups is 1. The molecule has 0 saturated carbocycles. The normalized spacial score (nSPS) is 15.6. The van der Waals surface area contributed by atoms with Crippen molar-refractivity contribution < 1.29 is 9.59 Å². The molecule has 0 radical (unpaired) electrons. The van der Waals surface area contributed by atoms with Crippen LogP contribution in [0.25, 0.3) is 10.1 Å². The summed E-state index contributed by atoms with van der Waals surface area (Å²) in [4.78, 5) is 26.7. The van der Waals surface area contributed by atoms with Crippen LogP contribution in [0.3, 0.4) is 0 Å². The molecule has 18 heavy (non-hydrogen) atoms. The third-order valence-corrected chi connectivity index (χ3v) is 4.24. The number of fused-ring (bicyclic) bond motifs is 3. The molecular weight excluding hydrogens is 246 g/mol. The van der Waals surface area contributed by atoms with E-state index in [0.29, 0.717) is 10.4 Å². The molecule has 1 aromatic heterocycles. The van der Waals surface area contributed by atoms with Crippen molar-refractivity contribution in [3.8, 4) is 0 Å². The highest BCUT2D eigenvalue weighted by Crippen LogP contribution is 2.39. The number of carbonyl (C=O) groups excluding carboxylic acids is 2. The van der Waals surface area contributed by atoms with Gasteiger partial charge in [-0.3, -0.25) is 14.5 Å². The summed E-state index contributed by atoms with van der Waals surface area (Å²) < 4.78 is 0.998. The van der Waals surface area contributed by atoms with Crippen molar-refractivity contribution in [2.45, 2.75) is 26.3 Å². The van der Waals surface area contributed by atoms with E-state index in [1.807, 2.05) is 45.0 Å². The predicted octanol–water partition coefficient (Wildman–Crippen LogP) is 3.30. The summed E-state index contributed by atoms with van der Waals surface area (Å²) in [6.45, 7) is 5.63. The van der Waals surface area contributed by atoms with Crippen LogP contribution in [0, 0.1) is 0 Å². The monoisotopic (exact) mass is 259 g/mol. The maximum Gasteiger partial charge on any atom is 0.272 e. The molecule has 0 N–H and O–H groups in total. The fraction of sp³-hybridized carbons (Fsp3) is 0.286. The Bertz CT molecular complexity index is 679. The summed E-state index contributed by atoms with van der Waals surface area (Å²) in [5.41, 5.74) is 0.101. The number of hydrogen-bond acceptors (Lipinski definition) is 3. The van der Waals surface area contributed by atoms with E-state index < -0.39 is 5.54 Å². The van der Waals surface area contributed by atoms with Gasteiger partial charge in [0.2, 0.25) is 0 Å². The molecule has 1 aliphatic rings. The highest BCUT2D eigenvalue weighted by Gasteiger charge is 2.44. The van der Waals surface area contributed by atoms with Crippen molar-refractivity contribution >= 4 is 33.2 Å². The van der Waals surface area contributed by atoms with Crippen molar-refractivity contribution in [2.24, 2.45) is 0 Å². The predicted molar refractivity (Wildman–Crippen MR) is 72.1 cm³/mol. The van der Waals surface area contributed by atoms with Crippen LogP contribution >= 0.6 is 11.3 Å². The molecule has 92 valence electrons. The number of amides is 2. The van der Waals surface area contributed by atoms with Crippen molar-refractivity contribution in [2.75, 3.05) is 0 Å². The molecule has 0 bridgehead atoms. The zero-order valence-corrected chi connectivity index (χ0v) is 11.3. The summed E-state index contributed by atoms with van der Waals surface area (Å²) in [6, 6.07) is 7.67. The highest BCUT2D eigenvalue weighted by atomic mass is 32.1. The zero-order valence-electron chi connectivity index (χ0n) is 10.5. The first-order valence-electron chi connectivity index (χ1n) is 5.81. The Hall–Kier alpha value is -1.68. The summed E-state index contributed by atoms with van der Waals surface area (Å²) in [7, 11) is 0. The van der Waals surface area contributed by atoms with Gasteiger partial charge in [0.1, 0.15) is 4.88 Å². The molecule has 0 atom stereocenters. The van der Waals surface area contributed by atoms with Crippen LogP contribution < -0.4 is 0 Å². The van der Waals surface area contributed by atoms with Gasteiger partial charge in [0.25, 0.3) is 11.8 Å². The van der Waals surface area contributed by atoms with Crippen molar-refractivity contribution in [3.05, 3.63) is 34.7 Å². The van der Waals surface area contributed by atoms with Gasteiger partial charge in [0.15, 0.2) is 0 Å². The smallest absolute Gasteiger partial charge is 0.268 e. The minimum atomic E-state index is -0.478. The second-order valence-electron chi connectivity index (χ2n) is 5.42. The molecule has 3 rings (SSSR count). The molecule has 1 aliphatic heterocycles. The second-order valence-corrected chi connectivity index (χ2v) is 6.47. The Morgan fingerprint density at radius 3 is 2.39 bits per heavy atom. The van der Waals surface area contributed by atoms with Gasteiger partial charge in [0, 0.05) is 15.6 Å². The van der Waals surface area contributed by atoms with Crippen molar-refractivity contribution in [1.82, 2.24) is 4.90 Å². The van der Waals surface area contributed by atoms with E-state index in [1.165, 1.54) is 16.2 Å². The Morgan fingerprint density at radius 1 is 1.06 bits per heavy atom. The Balaban J connectivity index is 2.27. The van der Waals surface area contributed by atoms with Crippen LogP contribution in [0.1, 0.15) is 40.8 Å². The average molecular weight is 259 g/mol. The van der Waals surface area contributed by atoms with Gasteiger partial charge in [-0.25, -0.2) is 0 Å². The molecule has 0 unspecified atom stereocenters. The number of thiophene rings is 1.